The number of rotatable bonds is 5. The number of methoxy groups -OCH3 is 1. The quantitative estimate of drug-likeness (QED) is 0.599. The third-order valence-corrected chi connectivity index (χ3v) is 5.20. The molecule has 1 unspecified atom stereocenters. The second-order valence-electron chi connectivity index (χ2n) is 5.85. The van der Waals surface area contributed by atoms with Crippen LogP contribution in [-0.4, -0.2) is 18.2 Å². The molecule has 0 bridgehead atoms. The number of carbonyl (C=O) groups excluding carboxylic acids is 1. The fourth-order valence-corrected chi connectivity index (χ4v) is 4.07. The molecule has 136 valence electrons. The Hall–Kier alpha value is -2.25. The molecule has 1 aliphatic rings. The van der Waals surface area contributed by atoms with E-state index in [4.69, 9.17) is 17.0 Å². The van der Waals surface area contributed by atoms with Crippen molar-refractivity contribution in [3.8, 4) is 0 Å². The minimum atomic E-state index is -0.397. The van der Waals surface area contributed by atoms with Crippen molar-refractivity contribution in [1.82, 2.24) is 5.32 Å². The summed E-state index contributed by atoms with van der Waals surface area (Å²) in [5, 5.41) is 7.67. The van der Waals surface area contributed by atoms with E-state index in [0.29, 0.717) is 22.8 Å². The van der Waals surface area contributed by atoms with Crippen LogP contribution in [0.1, 0.15) is 31.4 Å². The van der Waals surface area contributed by atoms with Gasteiger partial charge in [0.1, 0.15) is 5.82 Å². The summed E-state index contributed by atoms with van der Waals surface area (Å²) in [5.74, 6) is -0.721. The monoisotopic (exact) mass is 390 g/mol. The van der Waals surface area contributed by atoms with Crippen molar-refractivity contribution < 1.29 is 13.9 Å². The predicted octanol–water partition coefficient (Wildman–Crippen LogP) is 4.55. The Morgan fingerprint density at radius 3 is 2.65 bits per heavy atom. The predicted molar refractivity (Wildman–Crippen MR) is 106 cm³/mol. The summed E-state index contributed by atoms with van der Waals surface area (Å²) in [4.78, 5) is 14.4. The summed E-state index contributed by atoms with van der Waals surface area (Å²) < 4.78 is 18.4. The van der Waals surface area contributed by atoms with Gasteiger partial charge in [-0.15, -0.1) is 0 Å². The molecule has 1 aromatic heterocycles. The maximum atomic E-state index is 13.4. The number of carbonyl (C=O) groups is 1. The number of nitrogens with zero attached hydrogens (tertiary/aromatic N) is 1. The van der Waals surface area contributed by atoms with Gasteiger partial charge in [-0.25, -0.2) is 9.18 Å². The van der Waals surface area contributed by atoms with Gasteiger partial charge in [-0.2, -0.15) is 11.3 Å². The van der Waals surface area contributed by atoms with Crippen molar-refractivity contribution in [2.75, 3.05) is 12.0 Å². The van der Waals surface area contributed by atoms with Gasteiger partial charge in [-0.3, -0.25) is 4.90 Å². The van der Waals surface area contributed by atoms with E-state index in [2.05, 4.69) is 5.32 Å². The maximum absolute atomic E-state index is 13.4. The number of hydrogen-bond donors (Lipinski definition) is 1. The van der Waals surface area contributed by atoms with E-state index in [1.807, 2.05) is 23.8 Å². The van der Waals surface area contributed by atoms with Crippen LogP contribution in [0.15, 0.2) is 52.4 Å². The van der Waals surface area contributed by atoms with Crippen molar-refractivity contribution in [2.45, 2.75) is 25.8 Å². The molecular weight excluding hydrogens is 371 g/mol. The zero-order valence-corrected chi connectivity index (χ0v) is 16.1. The summed E-state index contributed by atoms with van der Waals surface area (Å²) in [6.07, 6.45) is 1.47. The maximum Gasteiger partial charge on any atom is 0.337 e. The van der Waals surface area contributed by atoms with Gasteiger partial charge in [0.15, 0.2) is 5.11 Å². The van der Waals surface area contributed by atoms with Gasteiger partial charge in [-0.1, -0.05) is 13.3 Å². The van der Waals surface area contributed by atoms with Crippen molar-refractivity contribution in [1.29, 1.82) is 0 Å². The Balaban J connectivity index is 2.18. The molecule has 7 heteroatoms. The van der Waals surface area contributed by atoms with E-state index < -0.39 is 5.97 Å². The number of nitrogens with one attached hydrogen (secondary N) is 1. The Labute approximate surface area is 161 Å². The molecular formula is C19H19FN2O2S2. The highest BCUT2D eigenvalue weighted by atomic mass is 32.1. The lowest BCUT2D eigenvalue weighted by Gasteiger charge is -2.38. The Morgan fingerprint density at radius 2 is 2.08 bits per heavy atom. The molecule has 0 aliphatic carbocycles. The summed E-state index contributed by atoms with van der Waals surface area (Å²) >= 11 is 7.15. The van der Waals surface area contributed by atoms with Crippen molar-refractivity contribution in [3.63, 3.8) is 0 Å². The number of esters is 1. The number of hydrogen-bond acceptors (Lipinski definition) is 4. The van der Waals surface area contributed by atoms with Crippen LogP contribution in [0.2, 0.25) is 0 Å². The number of thiophene rings is 1. The van der Waals surface area contributed by atoms with Crippen LogP contribution in [0.4, 0.5) is 10.1 Å². The second-order valence-corrected chi connectivity index (χ2v) is 7.02. The van der Waals surface area contributed by atoms with E-state index in [1.54, 1.807) is 28.4 Å². The van der Waals surface area contributed by atoms with Crippen LogP contribution >= 0.6 is 23.6 Å². The lowest BCUT2D eigenvalue weighted by Crippen LogP contribution is -2.48. The highest BCUT2D eigenvalue weighted by Crippen LogP contribution is 2.36. The molecule has 0 amide bonds. The minimum Gasteiger partial charge on any atom is -0.466 e. The summed E-state index contributed by atoms with van der Waals surface area (Å²) in [6.45, 7) is 2.04. The fraction of sp³-hybridized carbons (Fsp3) is 0.263. The van der Waals surface area contributed by atoms with Crippen LogP contribution in [0.3, 0.4) is 0 Å². The SMILES string of the molecule is CCCC1=C(C(=O)OC)C(c2ccsc2)NC(=S)N1c1ccc(F)cc1. The molecule has 0 saturated carbocycles. The fourth-order valence-electron chi connectivity index (χ4n) is 3.05. The minimum absolute atomic E-state index is 0.324. The normalized spacial score (nSPS) is 17.3. The molecule has 3 rings (SSSR count). The van der Waals surface area contributed by atoms with Crippen molar-refractivity contribution >= 4 is 40.3 Å². The molecule has 0 saturated heterocycles. The largest absolute Gasteiger partial charge is 0.466 e. The van der Waals surface area contributed by atoms with Gasteiger partial charge in [0.2, 0.25) is 0 Å². The summed E-state index contributed by atoms with van der Waals surface area (Å²) in [7, 11) is 1.37. The van der Waals surface area contributed by atoms with Gasteiger partial charge in [-0.05, 0) is 65.3 Å². The first-order valence-electron chi connectivity index (χ1n) is 8.26. The molecule has 2 heterocycles. The summed E-state index contributed by atoms with van der Waals surface area (Å²) in [5.41, 5.74) is 2.99. The highest BCUT2D eigenvalue weighted by molar-refractivity contribution is 7.80. The van der Waals surface area contributed by atoms with E-state index in [0.717, 1.165) is 17.7 Å². The van der Waals surface area contributed by atoms with E-state index in [9.17, 15) is 9.18 Å². The van der Waals surface area contributed by atoms with Crippen LogP contribution in [-0.2, 0) is 9.53 Å². The number of anilines is 1. The molecule has 0 spiro atoms. The Bertz CT molecular complexity index is 832. The van der Waals surface area contributed by atoms with Gasteiger partial charge in [0, 0.05) is 11.4 Å². The zero-order valence-electron chi connectivity index (χ0n) is 14.5. The van der Waals surface area contributed by atoms with Crippen LogP contribution in [0.5, 0.6) is 0 Å². The van der Waals surface area contributed by atoms with Gasteiger partial charge in [0.05, 0.1) is 18.7 Å². The standard InChI is InChI=1S/C19H19FN2O2S2/c1-3-4-15-16(18(23)24-2)17(12-9-10-26-11-12)21-19(25)22(15)14-7-5-13(20)6-8-14/h5-11,17H,3-4H2,1-2H3,(H,21,25). The number of allylic oxidation sites excluding steroid dienone is 1. The highest BCUT2D eigenvalue weighted by Gasteiger charge is 2.36. The molecule has 26 heavy (non-hydrogen) atoms. The van der Waals surface area contributed by atoms with Crippen LogP contribution in [0.25, 0.3) is 0 Å². The average molecular weight is 391 g/mol. The van der Waals surface area contributed by atoms with Crippen LogP contribution in [0, 0.1) is 5.82 Å². The molecule has 1 aliphatic heterocycles. The van der Waals surface area contributed by atoms with E-state index in [-0.39, 0.29) is 11.9 Å². The molecule has 2 aromatic rings. The van der Waals surface area contributed by atoms with Gasteiger partial charge < -0.3 is 10.1 Å². The lowest BCUT2D eigenvalue weighted by molar-refractivity contribution is -0.136. The first-order chi connectivity index (χ1) is 12.6. The smallest absolute Gasteiger partial charge is 0.337 e. The molecule has 1 atom stereocenters. The van der Waals surface area contributed by atoms with Gasteiger partial charge >= 0.3 is 5.97 Å². The Kier molecular flexibility index (Phi) is 5.68. The average Bonchev–Trinajstić information content (AvgIpc) is 3.17. The number of halogens is 1. The Morgan fingerprint density at radius 1 is 1.35 bits per heavy atom. The summed E-state index contributed by atoms with van der Waals surface area (Å²) in [6, 6.07) is 7.66. The first kappa shape index (κ1) is 18.5. The second kappa shape index (κ2) is 7.97. The van der Waals surface area contributed by atoms with E-state index in [1.165, 1.54) is 19.2 Å². The van der Waals surface area contributed by atoms with E-state index >= 15 is 0 Å². The van der Waals surface area contributed by atoms with Crippen molar-refractivity contribution in [3.05, 3.63) is 63.7 Å². The molecule has 1 aromatic carbocycles. The lowest BCUT2D eigenvalue weighted by atomic mass is 9.94. The van der Waals surface area contributed by atoms with Crippen molar-refractivity contribution in [2.24, 2.45) is 0 Å². The number of benzene rings is 1. The number of ether oxygens (including phenoxy) is 1. The third-order valence-electron chi connectivity index (χ3n) is 4.19. The molecule has 0 radical (unpaired) electrons. The third kappa shape index (κ3) is 3.50. The van der Waals surface area contributed by atoms with Gasteiger partial charge in [0.25, 0.3) is 0 Å². The molecule has 4 nitrogen and oxygen atoms in total. The number of thiocarbonyl (C=S) groups is 1. The molecule has 0 fully saturated rings. The van der Waals surface area contributed by atoms with Crippen LogP contribution < -0.4 is 10.2 Å². The zero-order chi connectivity index (χ0) is 18.7. The topological polar surface area (TPSA) is 41.6 Å². The first-order valence-corrected chi connectivity index (χ1v) is 9.61. The molecule has 1 N–H and O–H groups in total.